The molecule has 0 aliphatic rings. The van der Waals surface area contributed by atoms with Gasteiger partial charge in [-0.15, -0.1) is 0 Å². The van der Waals surface area contributed by atoms with Crippen LogP contribution in [0.25, 0.3) is 0 Å². The Bertz CT molecular complexity index is 1020. The molecule has 0 bridgehead atoms. The Morgan fingerprint density at radius 3 is 2.33 bits per heavy atom. The van der Waals surface area contributed by atoms with Gasteiger partial charge in [-0.1, -0.05) is 12.1 Å². The molecule has 0 saturated heterocycles. The summed E-state index contributed by atoms with van der Waals surface area (Å²) >= 11 is 0. The van der Waals surface area contributed by atoms with Crippen LogP contribution in [0.1, 0.15) is 23.9 Å². The molecule has 3 rings (SSSR count). The molecule has 3 N–H and O–H groups in total. The van der Waals surface area contributed by atoms with Crippen LogP contribution in [0.2, 0.25) is 0 Å². The fraction of sp³-hybridized carbons (Fsp3) is 0.261. The maximum atomic E-state index is 12.4. The van der Waals surface area contributed by atoms with Crippen LogP contribution in [0.4, 0.5) is 23.0 Å². The Kier molecular flexibility index (Phi) is 6.85. The van der Waals surface area contributed by atoms with Crippen LogP contribution in [0, 0.1) is 13.8 Å². The van der Waals surface area contributed by atoms with E-state index in [-0.39, 0.29) is 5.91 Å². The highest BCUT2D eigenvalue weighted by molar-refractivity contribution is 5.92. The number of ether oxygens (including phenoxy) is 1. The van der Waals surface area contributed by atoms with Gasteiger partial charge in [-0.2, -0.15) is 0 Å². The lowest BCUT2D eigenvalue weighted by Gasteiger charge is -2.11. The van der Waals surface area contributed by atoms with E-state index >= 15 is 0 Å². The molecule has 1 aromatic heterocycles. The number of methoxy groups -OCH3 is 1. The molecule has 7 nitrogen and oxygen atoms in total. The molecule has 2 aromatic carbocycles. The average molecular weight is 406 g/mol. The Balaban J connectivity index is 1.60. The van der Waals surface area contributed by atoms with E-state index in [1.54, 1.807) is 7.11 Å². The number of nitrogens with one attached hydrogen (secondary N) is 3. The van der Waals surface area contributed by atoms with E-state index in [1.807, 2.05) is 69.3 Å². The molecule has 0 radical (unpaired) electrons. The van der Waals surface area contributed by atoms with Crippen molar-refractivity contribution in [2.45, 2.75) is 27.2 Å². The number of aromatic nitrogens is 2. The van der Waals surface area contributed by atoms with Crippen LogP contribution in [-0.2, 0) is 11.2 Å². The number of benzene rings is 2. The minimum atomic E-state index is -0.0676. The van der Waals surface area contributed by atoms with Crippen LogP contribution < -0.4 is 20.7 Å². The average Bonchev–Trinajstić information content (AvgIpc) is 2.69. The zero-order chi connectivity index (χ0) is 21.5. The molecule has 1 heterocycles. The summed E-state index contributed by atoms with van der Waals surface area (Å²) in [6.07, 6.45) is 0.304. The van der Waals surface area contributed by atoms with Gasteiger partial charge in [-0.25, -0.2) is 9.97 Å². The Morgan fingerprint density at radius 1 is 0.967 bits per heavy atom. The van der Waals surface area contributed by atoms with Crippen molar-refractivity contribution < 1.29 is 9.53 Å². The zero-order valence-electron chi connectivity index (χ0n) is 17.7. The molecule has 0 fully saturated rings. The van der Waals surface area contributed by atoms with E-state index in [2.05, 4.69) is 25.9 Å². The normalized spacial score (nSPS) is 10.4. The summed E-state index contributed by atoms with van der Waals surface area (Å²) in [4.78, 5) is 21.1. The maximum absolute atomic E-state index is 12.4. The Morgan fingerprint density at radius 2 is 1.67 bits per heavy atom. The van der Waals surface area contributed by atoms with E-state index in [0.29, 0.717) is 18.1 Å². The van der Waals surface area contributed by atoms with E-state index < -0.39 is 0 Å². The molecule has 0 aliphatic carbocycles. The number of anilines is 4. The molecule has 1 amide bonds. The number of hydrogen-bond donors (Lipinski definition) is 3. The zero-order valence-corrected chi connectivity index (χ0v) is 17.7. The quantitative estimate of drug-likeness (QED) is 0.513. The summed E-state index contributed by atoms with van der Waals surface area (Å²) in [6, 6.07) is 15.1. The second-order valence-electron chi connectivity index (χ2n) is 6.95. The van der Waals surface area contributed by atoms with Crippen molar-refractivity contribution in [3.8, 4) is 5.75 Å². The summed E-state index contributed by atoms with van der Waals surface area (Å²) in [5, 5.41) is 9.39. The Labute approximate surface area is 176 Å². The first kappa shape index (κ1) is 21.1. The largest absolute Gasteiger partial charge is 0.496 e. The van der Waals surface area contributed by atoms with Gasteiger partial charge < -0.3 is 20.7 Å². The van der Waals surface area contributed by atoms with Crippen molar-refractivity contribution in [1.82, 2.24) is 9.97 Å². The van der Waals surface area contributed by atoms with Gasteiger partial charge in [-0.3, -0.25) is 4.79 Å². The number of amides is 1. The van der Waals surface area contributed by atoms with E-state index in [0.717, 1.165) is 40.6 Å². The lowest BCUT2D eigenvalue weighted by atomic mass is 10.1. The van der Waals surface area contributed by atoms with Gasteiger partial charge in [0.1, 0.15) is 23.2 Å². The minimum absolute atomic E-state index is 0.0676. The summed E-state index contributed by atoms with van der Waals surface area (Å²) < 4.78 is 5.26. The number of nitrogens with zero attached hydrogens (tertiary/aromatic N) is 2. The standard InChI is InChI=1S/C23H27N5O2/c1-5-24-21-14-22(26-16(3)25-21)27-18-7-9-19(10-8-18)28-23(29)13-17-6-11-20(30-4)15(2)12-17/h6-12,14H,5,13H2,1-4H3,(H,28,29)(H2,24,25,26,27). The van der Waals surface area contributed by atoms with Crippen LogP contribution in [-0.4, -0.2) is 29.5 Å². The Hall–Kier alpha value is -3.61. The second-order valence-corrected chi connectivity index (χ2v) is 6.95. The predicted molar refractivity (Wildman–Crippen MR) is 121 cm³/mol. The number of carbonyl (C=O) groups is 1. The third kappa shape index (κ3) is 5.70. The third-order valence-electron chi connectivity index (χ3n) is 4.46. The minimum Gasteiger partial charge on any atom is -0.496 e. The van der Waals surface area contributed by atoms with E-state index in [9.17, 15) is 4.79 Å². The van der Waals surface area contributed by atoms with Gasteiger partial charge in [0.15, 0.2) is 0 Å². The molecule has 156 valence electrons. The van der Waals surface area contributed by atoms with E-state index in [1.165, 1.54) is 0 Å². The molecule has 0 spiro atoms. The maximum Gasteiger partial charge on any atom is 0.228 e. The third-order valence-corrected chi connectivity index (χ3v) is 4.46. The molecule has 30 heavy (non-hydrogen) atoms. The molecular formula is C23H27N5O2. The molecular weight excluding hydrogens is 378 g/mol. The highest BCUT2D eigenvalue weighted by Crippen LogP contribution is 2.21. The topological polar surface area (TPSA) is 88.2 Å². The number of carbonyl (C=O) groups excluding carboxylic acids is 1. The van der Waals surface area contributed by atoms with Crippen molar-refractivity contribution >= 4 is 28.9 Å². The molecule has 0 aliphatic heterocycles. The molecule has 0 unspecified atom stereocenters. The summed E-state index contributed by atoms with van der Waals surface area (Å²) in [6.45, 7) is 6.63. The highest BCUT2D eigenvalue weighted by Gasteiger charge is 2.07. The van der Waals surface area contributed by atoms with Gasteiger partial charge in [0.2, 0.25) is 5.91 Å². The smallest absolute Gasteiger partial charge is 0.228 e. The van der Waals surface area contributed by atoms with Crippen molar-refractivity contribution in [3.05, 3.63) is 65.5 Å². The van der Waals surface area contributed by atoms with Gasteiger partial charge >= 0.3 is 0 Å². The monoisotopic (exact) mass is 405 g/mol. The lowest BCUT2D eigenvalue weighted by Crippen LogP contribution is -2.14. The van der Waals surface area contributed by atoms with Crippen molar-refractivity contribution in [3.63, 3.8) is 0 Å². The van der Waals surface area contributed by atoms with Gasteiger partial charge in [0, 0.05) is 24.0 Å². The SMILES string of the molecule is CCNc1cc(Nc2ccc(NC(=O)Cc3ccc(OC)c(C)c3)cc2)nc(C)n1. The predicted octanol–water partition coefficient (Wildman–Crippen LogP) is 4.46. The van der Waals surface area contributed by atoms with Gasteiger partial charge in [0.25, 0.3) is 0 Å². The fourth-order valence-corrected chi connectivity index (χ4v) is 3.13. The first-order valence-electron chi connectivity index (χ1n) is 9.87. The first-order valence-corrected chi connectivity index (χ1v) is 9.87. The van der Waals surface area contributed by atoms with Crippen molar-refractivity contribution in [2.75, 3.05) is 29.6 Å². The van der Waals surface area contributed by atoms with Crippen LogP contribution in [0.5, 0.6) is 5.75 Å². The second kappa shape index (κ2) is 9.73. The van der Waals surface area contributed by atoms with Crippen LogP contribution in [0.3, 0.4) is 0 Å². The fourth-order valence-electron chi connectivity index (χ4n) is 3.13. The van der Waals surface area contributed by atoms with Gasteiger partial charge in [-0.05, 0) is 62.2 Å². The number of rotatable bonds is 8. The number of hydrogen-bond acceptors (Lipinski definition) is 6. The summed E-state index contributed by atoms with van der Waals surface area (Å²) in [7, 11) is 1.64. The van der Waals surface area contributed by atoms with E-state index in [4.69, 9.17) is 4.74 Å². The van der Waals surface area contributed by atoms with Crippen LogP contribution >= 0.6 is 0 Å². The number of aryl methyl sites for hydroxylation is 2. The van der Waals surface area contributed by atoms with Gasteiger partial charge in [0.05, 0.1) is 13.5 Å². The highest BCUT2D eigenvalue weighted by atomic mass is 16.5. The lowest BCUT2D eigenvalue weighted by molar-refractivity contribution is -0.115. The van der Waals surface area contributed by atoms with Crippen LogP contribution in [0.15, 0.2) is 48.5 Å². The molecule has 3 aromatic rings. The van der Waals surface area contributed by atoms with Crippen molar-refractivity contribution in [1.29, 1.82) is 0 Å². The molecule has 0 atom stereocenters. The summed E-state index contributed by atoms with van der Waals surface area (Å²) in [5.74, 6) is 2.93. The first-order chi connectivity index (χ1) is 14.5. The van der Waals surface area contributed by atoms with Crippen molar-refractivity contribution in [2.24, 2.45) is 0 Å². The summed E-state index contributed by atoms with van der Waals surface area (Å²) in [5.41, 5.74) is 3.57. The molecule has 7 heteroatoms. The molecule has 0 saturated carbocycles.